The summed E-state index contributed by atoms with van der Waals surface area (Å²) < 4.78 is 5.38. The Morgan fingerprint density at radius 1 is 1.00 bits per heavy atom. The van der Waals surface area contributed by atoms with E-state index < -0.39 is 0 Å². The smallest absolute Gasteiger partial charge is 0.229 e. The number of hydrogen-bond donors (Lipinski definition) is 2. The van der Waals surface area contributed by atoms with Gasteiger partial charge in [0.25, 0.3) is 0 Å². The highest BCUT2D eigenvalue weighted by Gasteiger charge is 2.11. The number of aryl methyl sites for hydroxylation is 1. The molecule has 1 aliphatic rings. The molecule has 0 bridgehead atoms. The number of morpholine rings is 1. The van der Waals surface area contributed by atoms with Gasteiger partial charge in [0.15, 0.2) is 5.78 Å². The average molecular weight is 446 g/mol. The molecule has 0 saturated carbocycles. The third-order valence-corrected chi connectivity index (χ3v) is 5.62. The summed E-state index contributed by atoms with van der Waals surface area (Å²) in [4.78, 5) is 23.9. The lowest BCUT2D eigenvalue weighted by Crippen LogP contribution is -2.36. The molecule has 0 atom stereocenters. The van der Waals surface area contributed by atoms with Crippen LogP contribution in [0.1, 0.15) is 35.2 Å². The van der Waals surface area contributed by atoms with Gasteiger partial charge in [-0.1, -0.05) is 24.3 Å². The van der Waals surface area contributed by atoms with Crippen molar-refractivity contribution in [3.05, 3.63) is 71.9 Å². The fourth-order valence-corrected chi connectivity index (χ4v) is 3.85. The van der Waals surface area contributed by atoms with E-state index in [-0.39, 0.29) is 5.78 Å². The lowest BCUT2D eigenvalue weighted by atomic mass is 10.0. The third kappa shape index (κ3) is 7.10. The number of hydrogen-bond acceptors (Lipinski definition) is 7. The maximum absolute atomic E-state index is 12.7. The Bertz CT molecular complexity index is 1070. The van der Waals surface area contributed by atoms with E-state index in [9.17, 15) is 4.79 Å². The Morgan fingerprint density at radius 2 is 1.79 bits per heavy atom. The molecule has 4 rings (SSSR count). The molecule has 0 radical (unpaired) electrons. The summed E-state index contributed by atoms with van der Waals surface area (Å²) in [6.45, 7) is 6.69. The van der Waals surface area contributed by atoms with Crippen LogP contribution < -0.4 is 10.6 Å². The first kappa shape index (κ1) is 22.9. The summed E-state index contributed by atoms with van der Waals surface area (Å²) in [7, 11) is 0. The number of unbranched alkanes of at least 4 members (excludes halogenated alkanes) is 1. The fourth-order valence-electron chi connectivity index (χ4n) is 3.85. The molecule has 172 valence electrons. The molecular formula is C26H31N5O2. The van der Waals surface area contributed by atoms with E-state index in [1.54, 1.807) is 6.20 Å². The number of ketones is 1. The number of benzene rings is 2. The minimum Gasteiger partial charge on any atom is -0.379 e. The zero-order valence-electron chi connectivity index (χ0n) is 19.1. The summed E-state index contributed by atoms with van der Waals surface area (Å²) >= 11 is 0. The number of Topliss-reactive ketones (excluding diaryl/α,β-unsaturated/α-hetero) is 1. The van der Waals surface area contributed by atoms with Gasteiger partial charge in [0.1, 0.15) is 5.82 Å². The number of aromatic nitrogens is 2. The molecule has 2 N–H and O–H groups in total. The van der Waals surface area contributed by atoms with Gasteiger partial charge >= 0.3 is 0 Å². The third-order valence-electron chi connectivity index (χ3n) is 5.62. The maximum atomic E-state index is 12.7. The molecule has 7 nitrogen and oxygen atoms in total. The van der Waals surface area contributed by atoms with Crippen molar-refractivity contribution in [1.82, 2.24) is 14.9 Å². The average Bonchev–Trinajstić information content (AvgIpc) is 2.83. The van der Waals surface area contributed by atoms with E-state index in [0.29, 0.717) is 18.2 Å². The highest BCUT2D eigenvalue weighted by molar-refractivity contribution is 5.97. The summed E-state index contributed by atoms with van der Waals surface area (Å²) in [5.41, 5.74) is 3.65. The van der Waals surface area contributed by atoms with Gasteiger partial charge in [-0.3, -0.25) is 9.69 Å². The number of anilines is 4. The molecule has 0 unspecified atom stereocenters. The molecule has 1 aliphatic heterocycles. The van der Waals surface area contributed by atoms with Crippen LogP contribution in [-0.4, -0.2) is 53.5 Å². The van der Waals surface area contributed by atoms with Gasteiger partial charge in [-0.15, -0.1) is 0 Å². The Hall–Kier alpha value is -3.29. The van der Waals surface area contributed by atoms with Crippen LogP contribution in [0.5, 0.6) is 0 Å². The van der Waals surface area contributed by atoms with Crippen LogP contribution in [0.3, 0.4) is 0 Å². The molecule has 0 amide bonds. The van der Waals surface area contributed by atoms with Crippen LogP contribution in [0.25, 0.3) is 0 Å². The van der Waals surface area contributed by atoms with Crippen LogP contribution in [0.2, 0.25) is 0 Å². The van der Waals surface area contributed by atoms with Crippen LogP contribution in [0, 0.1) is 6.92 Å². The first-order chi connectivity index (χ1) is 16.2. The highest BCUT2D eigenvalue weighted by atomic mass is 16.5. The van der Waals surface area contributed by atoms with Crippen molar-refractivity contribution >= 4 is 28.9 Å². The standard InChI is InChI=1S/C26H31N5O2/c1-20-6-4-8-22(18-20)29-26-27-12-11-25(30-26)28-23-9-5-7-21(19-23)24(32)10-2-3-13-31-14-16-33-17-15-31/h4-9,11-12,18-19H,2-3,10,13-17H2,1H3,(H2,27,28,29,30). The topological polar surface area (TPSA) is 79.4 Å². The van der Waals surface area contributed by atoms with E-state index in [1.165, 1.54) is 0 Å². The Kier molecular flexibility index (Phi) is 8.00. The molecule has 0 spiro atoms. The summed E-state index contributed by atoms with van der Waals surface area (Å²) in [5.74, 6) is 1.35. The van der Waals surface area contributed by atoms with Crippen molar-refractivity contribution in [3.8, 4) is 0 Å². The second kappa shape index (κ2) is 11.5. The van der Waals surface area contributed by atoms with Crippen molar-refractivity contribution in [2.75, 3.05) is 43.5 Å². The predicted octanol–water partition coefficient (Wildman–Crippen LogP) is 4.96. The van der Waals surface area contributed by atoms with Crippen molar-refractivity contribution in [2.45, 2.75) is 26.2 Å². The normalized spacial score (nSPS) is 14.1. The molecule has 7 heteroatoms. The van der Waals surface area contributed by atoms with Crippen molar-refractivity contribution in [1.29, 1.82) is 0 Å². The number of nitrogens with one attached hydrogen (secondary N) is 2. The van der Waals surface area contributed by atoms with E-state index in [0.717, 1.165) is 68.2 Å². The Balaban J connectivity index is 1.30. The molecule has 1 fully saturated rings. The Labute approximate surface area is 195 Å². The maximum Gasteiger partial charge on any atom is 0.229 e. The van der Waals surface area contributed by atoms with Crippen molar-refractivity contribution in [2.24, 2.45) is 0 Å². The van der Waals surface area contributed by atoms with Gasteiger partial charge in [0.2, 0.25) is 5.95 Å². The molecule has 1 saturated heterocycles. The molecule has 33 heavy (non-hydrogen) atoms. The summed E-state index contributed by atoms with van der Waals surface area (Å²) in [6.07, 6.45) is 4.19. The minimum atomic E-state index is 0.171. The molecule has 0 aliphatic carbocycles. The molecule has 1 aromatic heterocycles. The van der Waals surface area contributed by atoms with Gasteiger partial charge in [0, 0.05) is 42.6 Å². The first-order valence-electron chi connectivity index (χ1n) is 11.5. The van der Waals surface area contributed by atoms with E-state index in [4.69, 9.17) is 4.74 Å². The van der Waals surface area contributed by atoms with E-state index in [1.807, 2.05) is 61.5 Å². The number of carbonyl (C=O) groups is 1. The van der Waals surface area contributed by atoms with Gasteiger partial charge in [-0.05, 0) is 62.2 Å². The van der Waals surface area contributed by atoms with E-state index >= 15 is 0 Å². The molecule has 3 aromatic rings. The minimum absolute atomic E-state index is 0.171. The summed E-state index contributed by atoms with van der Waals surface area (Å²) in [5, 5.41) is 6.51. The second-order valence-corrected chi connectivity index (χ2v) is 8.30. The van der Waals surface area contributed by atoms with E-state index in [2.05, 4.69) is 25.5 Å². The fraction of sp³-hybridized carbons (Fsp3) is 0.346. The lowest BCUT2D eigenvalue weighted by molar-refractivity contribution is 0.0371. The van der Waals surface area contributed by atoms with Crippen LogP contribution in [0.4, 0.5) is 23.1 Å². The van der Waals surface area contributed by atoms with Gasteiger partial charge in [-0.25, -0.2) is 4.98 Å². The van der Waals surface area contributed by atoms with Crippen molar-refractivity contribution < 1.29 is 9.53 Å². The molecule has 2 aromatic carbocycles. The summed E-state index contributed by atoms with van der Waals surface area (Å²) in [6, 6.07) is 17.5. The van der Waals surface area contributed by atoms with Crippen LogP contribution >= 0.6 is 0 Å². The zero-order chi connectivity index (χ0) is 22.9. The lowest BCUT2D eigenvalue weighted by Gasteiger charge is -2.26. The molecular weight excluding hydrogens is 414 g/mol. The van der Waals surface area contributed by atoms with Crippen molar-refractivity contribution in [3.63, 3.8) is 0 Å². The quantitative estimate of drug-likeness (QED) is 0.337. The van der Waals surface area contributed by atoms with Crippen LogP contribution in [0.15, 0.2) is 60.8 Å². The van der Waals surface area contributed by atoms with Gasteiger partial charge in [-0.2, -0.15) is 4.98 Å². The molecule has 2 heterocycles. The second-order valence-electron chi connectivity index (χ2n) is 8.30. The first-order valence-corrected chi connectivity index (χ1v) is 11.5. The monoisotopic (exact) mass is 445 g/mol. The number of nitrogens with zero attached hydrogens (tertiary/aromatic N) is 3. The van der Waals surface area contributed by atoms with Gasteiger partial charge < -0.3 is 15.4 Å². The van der Waals surface area contributed by atoms with Crippen LogP contribution in [-0.2, 0) is 4.74 Å². The number of carbonyl (C=O) groups excluding carboxylic acids is 1. The largest absolute Gasteiger partial charge is 0.379 e. The predicted molar refractivity (Wildman–Crippen MR) is 132 cm³/mol. The SMILES string of the molecule is Cc1cccc(Nc2nccc(Nc3cccc(C(=O)CCCCN4CCOCC4)c3)n2)c1. The highest BCUT2D eigenvalue weighted by Crippen LogP contribution is 2.20. The number of rotatable bonds is 10. The Morgan fingerprint density at radius 3 is 2.61 bits per heavy atom. The zero-order valence-corrected chi connectivity index (χ0v) is 19.1. The van der Waals surface area contributed by atoms with Gasteiger partial charge in [0.05, 0.1) is 13.2 Å². The number of ether oxygens (including phenoxy) is 1.